The van der Waals surface area contributed by atoms with Crippen LogP contribution in [0.15, 0.2) is 30.3 Å². The normalized spacial score (nSPS) is 32.5. The predicted octanol–water partition coefficient (Wildman–Crippen LogP) is 4.00. The summed E-state index contributed by atoms with van der Waals surface area (Å²) in [6.45, 7) is 4.60. The Hall–Kier alpha value is -2.80. The van der Waals surface area contributed by atoms with Crippen LogP contribution < -0.4 is 9.47 Å². The summed E-state index contributed by atoms with van der Waals surface area (Å²) in [5, 5.41) is 10.9. The fourth-order valence-electron chi connectivity index (χ4n) is 7.54. The number of aryl methyl sites for hydroxylation is 1. The molecule has 0 saturated heterocycles. The quantitative estimate of drug-likeness (QED) is 0.498. The molecule has 0 radical (unpaired) electrons. The van der Waals surface area contributed by atoms with Gasteiger partial charge in [-0.1, -0.05) is 12.1 Å². The van der Waals surface area contributed by atoms with Gasteiger partial charge in [0.25, 0.3) is 0 Å². The summed E-state index contributed by atoms with van der Waals surface area (Å²) in [4.78, 5) is 26.3. The summed E-state index contributed by atoms with van der Waals surface area (Å²) in [5.41, 5.74) is 0.989. The average molecular weight is 480 g/mol. The van der Waals surface area contributed by atoms with E-state index in [0.29, 0.717) is 37.0 Å². The van der Waals surface area contributed by atoms with E-state index in [1.165, 1.54) is 0 Å². The third kappa shape index (κ3) is 3.94. The van der Waals surface area contributed by atoms with E-state index in [1.54, 1.807) is 0 Å². The van der Waals surface area contributed by atoms with Gasteiger partial charge in [0.1, 0.15) is 6.61 Å². The van der Waals surface area contributed by atoms with Crippen LogP contribution in [0.1, 0.15) is 60.3 Å². The molecule has 3 unspecified atom stereocenters. The number of Topliss-reactive ketones (excluding diaryl/α,β-unsaturated/α-hetero) is 1. The van der Waals surface area contributed by atoms with Crippen molar-refractivity contribution in [2.45, 2.75) is 70.6 Å². The predicted molar refractivity (Wildman–Crippen MR) is 128 cm³/mol. The van der Waals surface area contributed by atoms with E-state index in [9.17, 15) is 14.7 Å². The smallest absolute Gasteiger partial charge is 0.312 e. The van der Waals surface area contributed by atoms with Crippen LogP contribution in [0.5, 0.6) is 11.5 Å². The molecule has 0 spiro atoms. The van der Waals surface area contributed by atoms with E-state index in [0.717, 1.165) is 55.0 Å². The molecule has 2 aromatic rings. The summed E-state index contributed by atoms with van der Waals surface area (Å²) in [5.74, 6) is 1.74. The Balaban J connectivity index is 1.11. The van der Waals surface area contributed by atoms with Gasteiger partial charge >= 0.3 is 5.97 Å². The minimum atomic E-state index is -0.733. The van der Waals surface area contributed by atoms with Crippen LogP contribution >= 0.6 is 0 Å². The van der Waals surface area contributed by atoms with Crippen LogP contribution in [0.2, 0.25) is 0 Å². The summed E-state index contributed by atoms with van der Waals surface area (Å²) >= 11 is 0. The summed E-state index contributed by atoms with van der Waals surface area (Å²) in [6, 6.07) is 9.47. The lowest BCUT2D eigenvalue weighted by atomic mass is 9.48. The van der Waals surface area contributed by atoms with E-state index in [2.05, 4.69) is 4.57 Å². The Morgan fingerprint density at radius 2 is 1.83 bits per heavy atom. The number of ketones is 1. The Labute approximate surface area is 205 Å². The number of ether oxygens (including phenoxy) is 3. The zero-order valence-electron chi connectivity index (χ0n) is 20.4. The Morgan fingerprint density at radius 3 is 2.54 bits per heavy atom. The number of rotatable bonds is 6. The first kappa shape index (κ1) is 22.7. The van der Waals surface area contributed by atoms with Gasteiger partial charge in [-0.25, -0.2) is 0 Å². The topological polar surface area (TPSA) is 87.0 Å². The van der Waals surface area contributed by atoms with Gasteiger partial charge in [-0.15, -0.1) is 0 Å². The number of hydrogen-bond donors (Lipinski definition) is 1. The molecule has 0 amide bonds. The number of esters is 1. The van der Waals surface area contributed by atoms with Crippen molar-refractivity contribution in [2.24, 2.45) is 17.3 Å². The standard InChI is InChI=1S/C28H33NO6/c1-17-7-22(18(2)29(17)13-21-14-33-24-5-3-4-6-25(24)35-21)23(30)15-34-26(31)27-9-19-8-20(10-27)12-28(32,11-19)16-27/h3-7,19-21,32H,8-16H2,1-2H3. The highest BCUT2D eigenvalue weighted by Crippen LogP contribution is 2.62. The van der Waals surface area contributed by atoms with E-state index < -0.39 is 11.0 Å². The van der Waals surface area contributed by atoms with Crippen molar-refractivity contribution in [1.29, 1.82) is 0 Å². The number of hydrogen-bond acceptors (Lipinski definition) is 6. The first-order valence-electron chi connectivity index (χ1n) is 12.7. The number of benzene rings is 1. The van der Waals surface area contributed by atoms with Gasteiger partial charge in [0.15, 0.2) is 24.2 Å². The molecule has 186 valence electrons. The van der Waals surface area contributed by atoms with Crippen molar-refractivity contribution >= 4 is 11.8 Å². The summed E-state index contributed by atoms with van der Waals surface area (Å²) in [6.07, 6.45) is 4.55. The molecule has 4 saturated carbocycles. The van der Waals surface area contributed by atoms with Crippen LogP contribution in [0.4, 0.5) is 0 Å². The average Bonchev–Trinajstić information content (AvgIpc) is 3.09. The molecule has 7 heteroatoms. The maximum atomic E-state index is 13.2. The van der Waals surface area contributed by atoms with Crippen molar-refractivity contribution < 1.29 is 28.9 Å². The lowest BCUT2D eigenvalue weighted by molar-refractivity contribution is -0.195. The second kappa shape index (κ2) is 8.12. The molecule has 1 N–H and O–H groups in total. The van der Waals surface area contributed by atoms with Crippen LogP contribution in [0.3, 0.4) is 0 Å². The molecular weight excluding hydrogens is 446 g/mol. The van der Waals surface area contributed by atoms with Crippen molar-refractivity contribution in [3.63, 3.8) is 0 Å². The zero-order chi connectivity index (χ0) is 24.4. The molecule has 3 atom stereocenters. The maximum absolute atomic E-state index is 13.2. The maximum Gasteiger partial charge on any atom is 0.312 e. The molecule has 1 aromatic heterocycles. The van der Waals surface area contributed by atoms with E-state index in [4.69, 9.17) is 14.2 Å². The van der Waals surface area contributed by atoms with Crippen molar-refractivity contribution in [3.05, 3.63) is 47.3 Å². The Kier molecular flexibility index (Phi) is 5.25. The Bertz CT molecular complexity index is 1170. The molecule has 4 bridgehead atoms. The highest BCUT2D eigenvalue weighted by Gasteiger charge is 2.61. The molecule has 4 fully saturated rings. The number of nitrogens with zero attached hydrogens (tertiary/aromatic N) is 1. The van der Waals surface area contributed by atoms with Gasteiger partial charge < -0.3 is 23.9 Å². The second-order valence-electron chi connectivity index (χ2n) is 11.4. The molecule has 4 aliphatic carbocycles. The van der Waals surface area contributed by atoms with Gasteiger partial charge in [-0.05, 0) is 82.4 Å². The summed E-state index contributed by atoms with van der Waals surface area (Å²) < 4.78 is 19.6. The van der Waals surface area contributed by atoms with Crippen LogP contribution in [-0.2, 0) is 16.1 Å². The minimum Gasteiger partial charge on any atom is -0.486 e. The van der Waals surface area contributed by atoms with Crippen molar-refractivity contribution in [1.82, 2.24) is 4.57 Å². The third-order valence-corrected chi connectivity index (χ3v) is 8.63. The lowest BCUT2D eigenvalue weighted by Crippen LogP contribution is -2.58. The van der Waals surface area contributed by atoms with Crippen molar-refractivity contribution in [3.8, 4) is 11.5 Å². The second-order valence-corrected chi connectivity index (χ2v) is 11.4. The van der Waals surface area contributed by atoms with Crippen molar-refractivity contribution in [2.75, 3.05) is 13.2 Å². The fraction of sp³-hybridized carbons (Fsp3) is 0.571. The molecule has 7 nitrogen and oxygen atoms in total. The zero-order valence-corrected chi connectivity index (χ0v) is 20.4. The molecular formula is C28H33NO6. The van der Waals surface area contributed by atoms with Gasteiger partial charge in [0, 0.05) is 17.0 Å². The molecule has 35 heavy (non-hydrogen) atoms. The number of aliphatic hydroxyl groups is 1. The fourth-order valence-corrected chi connectivity index (χ4v) is 7.54. The van der Waals surface area contributed by atoms with E-state index in [-0.39, 0.29) is 24.5 Å². The largest absolute Gasteiger partial charge is 0.486 e. The van der Waals surface area contributed by atoms with Crippen LogP contribution in [0, 0.1) is 31.1 Å². The highest BCUT2D eigenvalue weighted by atomic mass is 16.6. The minimum absolute atomic E-state index is 0.169. The first-order valence-corrected chi connectivity index (χ1v) is 12.7. The number of carbonyl (C=O) groups is 2. The number of aromatic nitrogens is 1. The van der Waals surface area contributed by atoms with E-state index >= 15 is 0 Å². The Morgan fingerprint density at radius 1 is 1.11 bits per heavy atom. The van der Waals surface area contributed by atoms with Crippen LogP contribution in [-0.4, -0.2) is 46.3 Å². The summed E-state index contributed by atoms with van der Waals surface area (Å²) in [7, 11) is 0. The molecule has 1 aromatic carbocycles. The molecule has 1 aliphatic heterocycles. The van der Waals surface area contributed by atoms with Gasteiger partial charge in [0.2, 0.25) is 5.78 Å². The first-order chi connectivity index (χ1) is 16.7. The number of fused-ring (bicyclic) bond motifs is 1. The molecule has 5 aliphatic rings. The monoisotopic (exact) mass is 479 g/mol. The molecule has 7 rings (SSSR count). The van der Waals surface area contributed by atoms with Gasteiger partial charge in [-0.2, -0.15) is 0 Å². The highest BCUT2D eigenvalue weighted by molar-refractivity contribution is 5.99. The number of carbonyl (C=O) groups excluding carboxylic acids is 2. The molecule has 2 heterocycles. The van der Waals surface area contributed by atoms with Gasteiger partial charge in [0.05, 0.1) is 17.6 Å². The third-order valence-electron chi connectivity index (χ3n) is 8.63. The van der Waals surface area contributed by atoms with E-state index in [1.807, 2.05) is 44.2 Å². The number of para-hydroxylation sites is 2. The van der Waals surface area contributed by atoms with Crippen LogP contribution in [0.25, 0.3) is 0 Å². The van der Waals surface area contributed by atoms with Gasteiger partial charge in [-0.3, -0.25) is 9.59 Å². The SMILES string of the molecule is Cc1cc(C(=O)COC(=O)C23CC4CC(CC(O)(C4)C2)C3)c(C)n1CC1COc2ccccc2O1. The lowest BCUT2D eigenvalue weighted by Gasteiger charge is -2.58.